The zero-order valence-electron chi connectivity index (χ0n) is 17.0. The van der Waals surface area contributed by atoms with Crippen molar-refractivity contribution in [3.05, 3.63) is 117 Å². The second kappa shape index (κ2) is 10.6. The highest BCUT2D eigenvalue weighted by Gasteiger charge is 2.08. The molecule has 0 aromatic heterocycles. The maximum Gasteiger partial charge on any atom is 0.127 e. The van der Waals surface area contributed by atoms with Crippen LogP contribution in [-0.4, -0.2) is 0 Å². The van der Waals surface area contributed by atoms with E-state index in [1.165, 1.54) is 0 Å². The molecule has 0 amide bonds. The standard InChI is InChI=1S/C26H20Cl3NO2/c27-20-8-13-26(31-17-18-6-7-21(28)15-25(18)29)19(14-20)16-30-22-9-11-24(12-10-22)32-23-4-2-1-3-5-23/h1-15,30H,16-17H2. The summed E-state index contributed by atoms with van der Waals surface area (Å²) in [5, 5.41) is 5.21. The number of benzene rings is 4. The molecule has 0 aliphatic carbocycles. The highest BCUT2D eigenvalue weighted by molar-refractivity contribution is 6.35. The average molecular weight is 485 g/mol. The van der Waals surface area contributed by atoms with E-state index >= 15 is 0 Å². The van der Waals surface area contributed by atoms with Crippen LogP contribution in [0.15, 0.2) is 91.0 Å². The van der Waals surface area contributed by atoms with E-state index in [9.17, 15) is 0 Å². The molecule has 4 aromatic carbocycles. The first kappa shape index (κ1) is 22.3. The topological polar surface area (TPSA) is 30.5 Å². The van der Waals surface area contributed by atoms with Crippen LogP contribution in [0.5, 0.6) is 17.2 Å². The van der Waals surface area contributed by atoms with Gasteiger partial charge in [0.1, 0.15) is 23.9 Å². The number of anilines is 1. The molecule has 0 heterocycles. The van der Waals surface area contributed by atoms with Crippen molar-refractivity contribution in [2.24, 2.45) is 0 Å². The zero-order valence-corrected chi connectivity index (χ0v) is 19.3. The highest BCUT2D eigenvalue weighted by atomic mass is 35.5. The van der Waals surface area contributed by atoms with Crippen molar-refractivity contribution in [3.63, 3.8) is 0 Å². The summed E-state index contributed by atoms with van der Waals surface area (Å²) in [6.45, 7) is 0.874. The van der Waals surface area contributed by atoms with E-state index in [-0.39, 0.29) is 0 Å². The molecule has 6 heteroatoms. The van der Waals surface area contributed by atoms with Gasteiger partial charge in [-0.1, -0.05) is 59.1 Å². The average Bonchev–Trinajstić information content (AvgIpc) is 2.80. The number of halogens is 3. The molecule has 162 valence electrons. The Morgan fingerprint density at radius 1 is 0.656 bits per heavy atom. The Morgan fingerprint density at radius 2 is 1.34 bits per heavy atom. The van der Waals surface area contributed by atoms with Gasteiger partial charge in [0.2, 0.25) is 0 Å². The number of hydrogen-bond donors (Lipinski definition) is 1. The number of hydrogen-bond acceptors (Lipinski definition) is 3. The zero-order chi connectivity index (χ0) is 22.3. The van der Waals surface area contributed by atoms with Crippen molar-refractivity contribution < 1.29 is 9.47 Å². The van der Waals surface area contributed by atoms with E-state index in [1.54, 1.807) is 18.2 Å². The molecule has 0 radical (unpaired) electrons. The first-order valence-corrected chi connectivity index (χ1v) is 11.1. The monoisotopic (exact) mass is 483 g/mol. The van der Waals surface area contributed by atoms with Crippen molar-refractivity contribution >= 4 is 40.5 Å². The van der Waals surface area contributed by atoms with E-state index in [2.05, 4.69) is 5.32 Å². The maximum atomic E-state index is 6.26. The fraction of sp³-hybridized carbons (Fsp3) is 0.0769. The van der Waals surface area contributed by atoms with Crippen LogP contribution in [0.1, 0.15) is 11.1 Å². The number of ether oxygens (including phenoxy) is 2. The molecule has 0 spiro atoms. The Hall–Kier alpha value is -2.85. The second-order valence-corrected chi connectivity index (χ2v) is 8.35. The minimum Gasteiger partial charge on any atom is -0.488 e. The molecule has 1 N–H and O–H groups in total. The van der Waals surface area contributed by atoms with Gasteiger partial charge in [-0.2, -0.15) is 0 Å². The van der Waals surface area contributed by atoms with Crippen LogP contribution in [-0.2, 0) is 13.2 Å². The molecule has 0 saturated heterocycles. The van der Waals surface area contributed by atoms with Crippen LogP contribution in [0.25, 0.3) is 0 Å². The van der Waals surface area contributed by atoms with Gasteiger partial charge in [0, 0.05) is 38.4 Å². The summed E-state index contributed by atoms with van der Waals surface area (Å²) >= 11 is 18.4. The summed E-state index contributed by atoms with van der Waals surface area (Å²) in [5.41, 5.74) is 2.75. The number of nitrogens with one attached hydrogen (secondary N) is 1. The first-order chi connectivity index (χ1) is 15.6. The van der Waals surface area contributed by atoms with Crippen LogP contribution in [0.2, 0.25) is 15.1 Å². The van der Waals surface area contributed by atoms with Gasteiger partial charge in [-0.05, 0) is 66.7 Å². The molecule has 3 nitrogen and oxygen atoms in total. The third kappa shape index (κ3) is 6.10. The molecule has 0 bridgehead atoms. The summed E-state index contributed by atoms with van der Waals surface area (Å²) in [5.74, 6) is 2.31. The van der Waals surface area contributed by atoms with E-state index < -0.39 is 0 Å². The molecular formula is C26H20Cl3NO2. The highest BCUT2D eigenvalue weighted by Crippen LogP contribution is 2.28. The summed E-state index contributed by atoms with van der Waals surface area (Å²) in [6.07, 6.45) is 0. The fourth-order valence-electron chi connectivity index (χ4n) is 3.08. The van der Waals surface area contributed by atoms with Gasteiger partial charge in [0.15, 0.2) is 0 Å². The van der Waals surface area contributed by atoms with E-state index in [4.69, 9.17) is 44.3 Å². The number of rotatable bonds is 8. The Balaban J connectivity index is 1.40. The third-order valence-electron chi connectivity index (χ3n) is 4.74. The minimum atomic E-state index is 0.330. The van der Waals surface area contributed by atoms with Gasteiger partial charge in [-0.3, -0.25) is 0 Å². The molecule has 4 rings (SSSR count). The molecule has 0 atom stereocenters. The van der Waals surface area contributed by atoms with Crippen LogP contribution in [0, 0.1) is 0 Å². The van der Waals surface area contributed by atoms with Crippen molar-refractivity contribution in [2.75, 3.05) is 5.32 Å². The predicted octanol–water partition coefficient (Wildman–Crippen LogP) is 8.63. The molecule has 0 unspecified atom stereocenters. The van der Waals surface area contributed by atoms with Gasteiger partial charge in [0.25, 0.3) is 0 Å². The first-order valence-electron chi connectivity index (χ1n) is 9.99. The normalized spacial score (nSPS) is 10.6. The Kier molecular flexibility index (Phi) is 7.43. The van der Waals surface area contributed by atoms with Gasteiger partial charge in [0.05, 0.1) is 0 Å². The van der Waals surface area contributed by atoms with Crippen LogP contribution >= 0.6 is 34.8 Å². The van der Waals surface area contributed by atoms with Crippen LogP contribution in [0.4, 0.5) is 5.69 Å². The van der Waals surface area contributed by atoms with Crippen LogP contribution < -0.4 is 14.8 Å². The third-order valence-corrected chi connectivity index (χ3v) is 5.56. The van der Waals surface area contributed by atoms with E-state index in [0.29, 0.717) is 28.2 Å². The lowest BCUT2D eigenvalue weighted by atomic mass is 10.2. The SMILES string of the molecule is Clc1ccc(COc2ccc(Cl)cc2CNc2ccc(Oc3ccccc3)cc2)c(Cl)c1. The fourth-order valence-corrected chi connectivity index (χ4v) is 3.74. The molecule has 4 aromatic rings. The Morgan fingerprint density at radius 3 is 2.09 bits per heavy atom. The van der Waals surface area contributed by atoms with Crippen molar-refractivity contribution in [1.82, 2.24) is 0 Å². The minimum absolute atomic E-state index is 0.330. The van der Waals surface area contributed by atoms with E-state index in [1.807, 2.05) is 72.8 Å². The molecule has 0 saturated carbocycles. The number of para-hydroxylation sites is 1. The van der Waals surface area contributed by atoms with E-state index in [0.717, 1.165) is 34.1 Å². The summed E-state index contributed by atoms with van der Waals surface area (Å²) in [7, 11) is 0. The van der Waals surface area contributed by atoms with Crippen molar-refractivity contribution in [1.29, 1.82) is 0 Å². The lowest BCUT2D eigenvalue weighted by Crippen LogP contribution is -2.04. The Bertz CT molecular complexity index is 1180. The molecule has 0 aliphatic heterocycles. The second-order valence-electron chi connectivity index (χ2n) is 7.07. The van der Waals surface area contributed by atoms with Gasteiger partial charge in [-0.25, -0.2) is 0 Å². The quantitative estimate of drug-likeness (QED) is 0.271. The Labute approximate surface area is 202 Å². The molecule has 32 heavy (non-hydrogen) atoms. The predicted molar refractivity (Wildman–Crippen MR) is 133 cm³/mol. The van der Waals surface area contributed by atoms with Gasteiger partial charge in [-0.15, -0.1) is 0 Å². The summed E-state index contributed by atoms with van der Waals surface area (Å²) in [6, 6.07) is 28.4. The lowest BCUT2D eigenvalue weighted by molar-refractivity contribution is 0.303. The van der Waals surface area contributed by atoms with Gasteiger partial charge < -0.3 is 14.8 Å². The maximum absolute atomic E-state index is 6.26. The molecule has 0 aliphatic rings. The van der Waals surface area contributed by atoms with Crippen molar-refractivity contribution in [2.45, 2.75) is 13.2 Å². The van der Waals surface area contributed by atoms with Gasteiger partial charge >= 0.3 is 0 Å². The van der Waals surface area contributed by atoms with Crippen molar-refractivity contribution in [3.8, 4) is 17.2 Å². The van der Waals surface area contributed by atoms with Crippen LogP contribution in [0.3, 0.4) is 0 Å². The molecule has 0 fully saturated rings. The summed E-state index contributed by atoms with van der Waals surface area (Å²) in [4.78, 5) is 0. The lowest BCUT2D eigenvalue weighted by Gasteiger charge is -2.14. The largest absolute Gasteiger partial charge is 0.488 e. The summed E-state index contributed by atoms with van der Waals surface area (Å²) < 4.78 is 11.9. The smallest absolute Gasteiger partial charge is 0.127 e. The molecular weight excluding hydrogens is 465 g/mol.